The summed E-state index contributed by atoms with van der Waals surface area (Å²) in [6.07, 6.45) is -0.894. The summed E-state index contributed by atoms with van der Waals surface area (Å²) in [4.78, 5) is 76.4. The van der Waals surface area contributed by atoms with Crippen LogP contribution < -0.4 is 10.6 Å². The molecule has 0 aromatic rings. The Balaban J connectivity index is 2.59. The number of hydrogen-bond acceptors (Lipinski definition) is 10. The number of methoxy groups -OCH3 is 1. The van der Waals surface area contributed by atoms with Gasteiger partial charge in [-0.1, -0.05) is 6.58 Å². The third kappa shape index (κ3) is 9.45. The second-order valence-corrected chi connectivity index (χ2v) is 7.68. The summed E-state index contributed by atoms with van der Waals surface area (Å²) in [5, 5.41) is 5.12. The van der Waals surface area contributed by atoms with Gasteiger partial charge in [0.1, 0.15) is 25.2 Å². The van der Waals surface area contributed by atoms with Crippen LogP contribution in [0.4, 0.5) is 4.79 Å². The van der Waals surface area contributed by atoms with E-state index in [2.05, 4.69) is 21.9 Å². The Labute approximate surface area is 184 Å². The number of hydroxylamine groups is 2. The lowest BCUT2D eigenvalue weighted by molar-refractivity contribution is -0.198. The van der Waals surface area contributed by atoms with Crippen LogP contribution in [0.5, 0.6) is 0 Å². The van der Waals surface area contributed by atoms with Gasteiger partial charge in [-0.15, -0.1) is 5.06 Å². The van der Waals surface area contributed by atoms with E-state index in [1.54, 1.807) is 20.8 Å². The average Bonchev–Trinajstić information content (AvgIpc) is 3.00. The fourth-order valence-electron chi connectivity index (χ4n) is 2.29. The third-order valence-electron chi connectivity index (χ3n) is 3.80. The number of hydrogen-bond donors (Lipinski definition) is 2. The lowest BCUT2D eigenvalue weighted by Gasteiger charge is -2.25. The van der Waals surface area contributed by atoms with Crippen LogP contribution in [0.3, 0.4) is 0 Å². The Bertz CT molecular complexity index is 772. The largest absolute Gasteiger partial charge is 0.468 e. The molecule has 0 unspecified atom stereocenters. The maximum absolute atomic E-state index is 12.2. The minimum Gasteiger partial charge on any atom is -0.468 e. The quantitative estimate of drug-likeness (QED) is 0.315. The molecule has 0 saturated carbocycles. The van der Waals surface area contributed by atoms with Crippen molar-refractivity contribution in [1.29, 1.82) is 0 Å². The van der Waals surface area contributed by atoms with Crippen molar-refractivity contribution in [3.63, 3.8) is 0 Å². The van der Waals surface area contributed by atoms with E-state index < -0.39 is 54.4 Å². The summed E-state index contributed by atoms with van der Waals surface area (Å²) < 4.78 is 9.58. The van der Waals surface area contributed by atoms with Crippen molar-refractivity contribution in [3.05, 3.63) is 12.3 Å². The van der Waals surface area contributed by atoms with Crippen LogP contribution >= 0.6 is 0 Å². The van der Waals surface area contributed by atoms with Gasteiger partial charge >= 0.3 is 18.0 Å². The highest BCUT2D eigenvalue weighted by atomic mass is 16.7. The SMILES string of the molecule is C=C(CNC(=O)CNC(=O)OC(C)(C)C)N(CC(=O)OC)CC(=O)ON1C(=O)CCC1=O. The first-order valence-electron chi connectivity index (χ1n) is 9.62. The van der Waals surface area contributed by atoms with Crippen LogP contribution in [0, 0.1) is 0 Å². The van der Waals surface area contributed by atoms with Crippen molar-refractivity contribution >= 4 is 35.8 Å². The Kier molecular flexibility index (Phi) is 9.63. The van der Waals surface area contributed by atoms with E-state index in [-0.39, 0.29) is 31.6 Å². The second kappa shape index (κ2) is 11.7. The summed E-state index contributed by atoms with van der Waals surface area (Å²) in [6, 6.07) is 0. The Morgan fingerprint density at radius 1 is 1.00 bits per heavy atom. The van der Waals surface area contributed by atoms with Gasteiger partial charge in [0.25, 0.3) is 11.8 Å². The zero-order valence-electron chi connectivity index (χ0n) is 18.5. The molecule has 0 aromatic carbocycles. The molecule has 0 atom stereocenters. The van der Waals surface area contributed by atoms with Gasteiger partial charge in [-0.3, -0.25) is 19.2 Å². The van der Waals surface area contributed by atoms with E-state index >= 15 is 0 Å². The number of nitrogens with zero attached hydrogens (tertiary/aromatic N) is 2. The first-order valence-corrected chi connectivity index (χ1v) is 9.62. The number of amides is 4. The molecule has 13 nitrogen and oxygen atoms in total. The molecular formula is C19H28N4O9. The first-order chi connectivity index (χ1) is 14.8. The molecule has 4 amide bonds. The maximum atomic E-state index is 12.2. The fraction of sp³-hybridized carbons (Fsp3) is 0.579. The lowest BCUT2D eigenvalue weighted by atomic mass is 10.2. The van der Waals surface area contributed by atoms with Crippen LogP contribution in [0.1, 0.15) is 33.6 Å². The van der Waals surface area contributed by atoms with E-state index in [0.717, 1.165) is 12.0 Å². The molecule has 1 heterocycles. The van der Waals surface area contributed by atoms with E-state index in [1.807, 2.05) is 0 Å². The van der Waals surface area contributed by atoms with Gasteiger partial charge in [-0.25, -0.2) is 9.59 Å². The Morgan fingerprint density at radius 2 is 1.56 bits per heavy atom. The smallest absolute Gasteiger partial charge is 0.408 e. The van der Waals surface area contributed by atoms with Crippen LogP contribution in [-0.4, -0.2) is 84.6 Å². The molecule has 32 heavy (non-hydrogen) atoms. The van der Waals surface area contributed by atoms with E-state index in [1.165, 1.54) is 0 Å². The Hall–Kier alpha value is -3.64. The number of esters is 1. The zero-order valence-corrected chi connectivity index (χ0v) is 18.5. The molecule has 0 radical (unpaired) electrons. The molecule has 1 aliphatic heterocycles. The molecule has 0 bridgehead atoms. The van der Waals surface area contributed by atoms with Crippen LogP contribution in [0.25, 0.3) is 0 Å². The van der Waals surface area contributed by atoms with E-state index in [4.69, 9.17) is 9.57 Å². The number of nitrogens with one attached hydrogen (secondary N) is 2. The minimum atomic E-state index is -0.989. The molecule has 0 aromatic heterocycles. The van der Waals surface area contributed by atoms with Crippen LogP contribution in [0.15, 0.2) is 12.3 Å². The zero-order chi connectivity index (χ0) is 24.5. The van der Waals surface area contributed by atoms with E-state index in [0.29, 0.717) is 5.06 Å². The molecule has 1 rings (SSSR count). The number of imide groups is 1. The van der Waals surface area contributed by atoms with E-state index in [9.17, 15) is 28.8 Å². The summed E-state index contributed by atoms with van der Waals surface area (Å²) in [6.45, 7) is 7.23. The summed E-state index contributed by atoms with van der Waals surface area (Å²) in [5.74, 6) is -3.56. The fourth-order valence-corrected chi connectivity index (χ4v) is 2.29. The normalized spacial score (nSPS) is 13.3. The topological polar surface area (TPSA) is 161 Å². The number of ether oxygens (including phenoxy) is 2. The number of carbonyl (C=O) groups is 6. The average molecular weight is 456 g/mol. The van der Waals surface area contributed by atoms with Gasteiger partial charge in [0.2, 0.25) is 5.91 Å². The molecule has 13 heteroatoms. The van der Waals surface area contributed by atoms with Gasteiger partial charge in [0, 0.05) is 18.5 Å². The number of rotatable bonds is 10. The molecule has 2 N–H and O–H groups in total. The number of alkyl carbamates (subject to hydrolysis) is 1. The van der Waals surface area contributed by atoms with Crippen molar-refractivity contribution in [1.82, 2.24) is 20.6 Å². The van der Waals surface area contributed by atoms with Crippen molar-refractivity contribution < 1.29 is 43.1 Å². The molecule has 178 valence electrons. The molecule has 1 fully saturated rings. The van der Waals surface area contributed by atoms with Crippen molar-refractivity contribution in [2.45, 2.75) is 39.2 Å². The molecule has 1 saturated heterocycles. The molecule has 0 aliphatic carbocycles. The van der Waals surface area contributed by atoms with Gasteiger partial charge in [-0.05, 0) is 20.8 Å². The predicted octanol–water partition coefficient (Wildman–Crippen LogP) is -0.777. The Morgan fingerprint density at radius 3 is 2.09 bits per heavy atom. The maximum Gasteiger partial charge on any atom is 0.408 e. The highest BCUT2D eigenvalue weighted by molar-refractivity contribution is 6.01. The monoisotopic (exact) mass is 456 g/mol. The van der Waals surface area contributed by atoms with Crippen molar-refractivity contribution in [2.24, 2.45) is 0 Å². The van der Waals surface area contributed by atoms with Gasteiger partial charge in [-0.2, -0.15) is 0 Å². The molecule has 1 aliphatic rings. The summed E-state index contributed by atoms with van der Waals surface area (Å²) in [5.41, 5.74) is -0.584. The first kappa shape index (κ1) is 26.4. The standard InChI is InChI=1S/C19H28N4O9/c1-12(8-20-13(24)9-21-18(29)31-19(2,3)4)22(10-16(27)30-5)11-17(28)32-23-14(25)6-7-15(23)26/h1,6-11H2,2-5H3,(H,20,24)(H,21,29). The molecular weight excluding hydrogens is 428 g/mol. The van der Waals surface area contributed by atoms with Gasteiger partial charge in [0.15, 0.2) is 0 Å². The predicted molar refractivity (Wildman–Crippen MR) is 107 cm³/mol. The lowest BCUT2D eigenvalue weighted by Crippen LogP contribution is -2.43. The summed E-state index contributed by atoms with van der Waals surface area (Å²) in [7, 11) is 1.15. The van der Waals surface area contributed by atoms with Crippen LogP contribution in [-0.2, 0) is 38.3 Å². The number of carbonyl (C=O) groups excluding carboxylic acids is 6. The van der Waals surface area contributed by atoms with Crippen molar-refractivity contribution in [3.8, 4) is 0 Å². The third-order valence-corrected chi connectivity index (χ3v) is 3.80. The second-order valence-electron chi connectivity index (χ2n) is 7.68. The summed E-state index contributed by atoms with van der Waals surface area (Å²) >= 11 is 0. The van der Waals surface area contributed by atoms with Gasteiger partial charge < -0.3 is 29.8 Å². The minimum absolute atomic E-state index is 0.0614. The van der Waals surface area contributed by atoms with Crippen LogP contribution in [0.2, 0.25) is 0 Å². The highest BCUT2D eigenvalue weighted by Gasteiger charge is 2.33. The molecule has 0 spiro atoms. The van der Waals surface area contributed by atoms with Gasteiger partial charge in [0.05, 0.1) is 13.7 Å². The van der Waals surface area contributed by atoms with Crippen molar-refractivity contribution in [2.75, 3.05) is 33.3 Å². The highest BCUT2D eigenvalue weighted by Crippen LogP contribution is 2.13.